The van der Waals surface area contributed by atoms with Gasteiger partial charge in [0.1, 0.15) is 0 Å². The van der Waals surface area contributed by atoms with Crippen LogP contribution in [0.25, 0.3) is 0 Å². The monoisotopic (exact) mass is 389 g/mol. The number of anilines is 1. The van der Waals surface area contributed by atoms with Crippen molar-refractivity contribution >= 4 is 23.5 Å². The second-order valence-corrected chi connectivity index (χ2v) is 7.05. The van der Waals surface area contributed by atoms with Gasteiger partial charge in [-0.15, -0.1) is 0 Å². The van der Waals surface area contributed by atoms with Crippen molar-refractivity contribution in [1.82, 2.24) is 19.6 Å². The fraction of sp³-hybridized carbons (Fsp3) is 0.550. The summed E-state index contributed by atoms with van der Waals surface area (Å²) in [5.41, 5.74) is 1.14. The number of piperazine rings is 1. The molecule has 0 saturated carbocycles. The van der Waals surface area contributed by atoms with E-state index in [9.17, 15) is 14.4 Å². The minimum absolute atomic E-state index is 0.0662. The molecule has 1 N–H and O–H groups in total. The predicted octanol–water partition coefficient (Wildman–Crippen LogP) is 1.41. The summed E-state index contributed by atoms with van der Waals surface area (Å²) in [5.74, 6) is -0.233. The number of benzene rings is 1. The minimum Gasteiger partial charge on any atom is -0.345 e. The normalized spacial score (nSPS) is 14.5. The standard InChI is InChI=1S/C20H31N5O3/c1-5-24(6-2)20(28)25-12-10-23(11-13-25)15-18(26)21-17-9-7-8-16(14-17)19(27)22(3)4/h7-9,14H,5-6,10-13,15H2,1-4H3,(H,21,26). The van der Waals surface area contributed by atoms with E-state index >= 15 is 0 Å². The van der Waals surface area contributed by atoms with Crippen molar-refractivity contribution in [3.63, 3.8) is 0 Å². The molecular weight excluding hydrogens is 358 g/mol. The first-order valence-electron chi connectivity index (χ1n) is 9.73. The number of urea groups is 1. The molecule has 0 radical (unpaired) electrons. The molecular formula is C20H31N5O3. The number of carbonyl (C=O) groups is 3. The zero-order chi connectivity index (χ0) is 20.7. The molecule has 8 nitrogen and oxygen atoms in total. The highest BCUT2D eigenvalue weighted by atomic mass is 16.2. The summed E-state index contributed by atoms with van der Waals surface area (Å²) in [6.07, 6.45) is 0. The van der Waals surface area contributed by atoms with Crippen LogP contribution in [0.5, 0.6) is 0 Å². The van der Waals surface area contributed by atoms with Gasteiger partial charge in [-0.2, -0.15) is 0 Å². The summed E-state index contributed by atoms with van der Waals surface area (Å²) in [7, 11) is 3.39. The summed E-state index contributed by atoms with van der Waals surface area (Å²) in [5, 5.41) is 2.85. The Bertz CT molecular complexity index is 695. The van der Waals surface area contributed by atoms with Crippen LogP contribution in [0, 0.1) is 0 Å². The fourth-order valence-corrected chi connectivity index (χ4v) is 3.18. The average molecular weight is 390 g/mol. The molecule has 1 saturated heterocycles. The van der Waals surface area contributed by atoms with Gasteiger partial charge in [-0.1, -0.05) is 6.07 Å². The third kappa shape index (κ3) is 5.69. The molecule has 0 spiro atoms. The summed E-state index contributed by atoms with van der Waals surface area (Å²) >= 11 is 0. The zero-order valence-corrected chi connectivity index (χ0v) is 17.3. The number of nitrogens with zero attached hydrogens (tertiary/aromatic N) is 4. The van der Waals surface area contributed by atoms with Gasteiger partial charge in [0.15, 0.2) is 0 Å². The number of carbonyl (C=O) groups excluding carboxylic acids is 3. The van der Waals surface area contributed by atoms with Crippen molar-refractivity contribution in [1.29, 1.82) is 0 Å². The average Bonchev–Trinajstić information content (AvgIpc) is 2.68. The Labute approximate surface area is 167 Å². The Morgan fingerprint density at radius 3 is 2.25 bits per heavy atom. The molecule has 1 fully saturated rings. The second-order valence-electron chi connectivity index (χ2n) is 7.05. The summed E-state index contributed by atoms with van der Waals surface area (Å²) in [4.78, 5) is 44.0. The first kappa shape index (κ1) is 21.7. The Morgan fingerprint density at radius 1 is 1.04 bits per heavy atom. The van der Waals surface area contributed by atoms with Crippen LogP contribution >= 0.6 is 0 Å². The molecule has 8 heteroatoms. The SMILES string of the molecule is CCN(CC)C(=O)N1CCN(CC(=O)Nc2cccc(C(=O)N(C)C)c2)CC1. The van der Waals surface area contributed by atoms with Crippen molar-refractivity contribution in [2.75, 3.05) is 65.2 Å². The van der Waals surface area contributed by atoms with Gasteiger partial charge in [0.2, 0.25) is 5.91 Å². The van der Waals surface area contributed by atoms with E-state index in [0.717, 1.165) is 0 Å². The molecule has 2 rings (SSSR count). The lowest BCUT2D eigenvalue weighted by Gasteiger charge is -2.36. The Balaban J connectivity index is 1.84. The van der Waals surface area contributed by atoms with Crippen molar-refractivity contribution in [2.45, 2.75) is 13.8 Å². The van der Waals surface area contributed by atoms with Gasteiger partial charge in [0.05, 0.1) is 6.54 Å². The highest BCUT2D eigenvalue weighted by Gasteiger charge is 2.24. The molecule has 1 aromatic rings. The van der Waals surface area contributed by atoms with E-state index in [1.807, 2.05) is 28.5 Å². The van der Waals surface area contributed by atoms with E-state index in [1.54, 1.807) is 38.4 Å². The van der Waals surface area contributed by atoms with Gasteiger partial charge in [0, 0.05) is 64.6 Å². The molecule has 0 aliphatic carbocycles. The van der Waals surface area contributed by atoms with Gasteiger partial charge in [-0.3, -0.25) is 14.5 Å². The van der Waals surface area contributed by atoms with Crippen LogP contribution in [0.2, 0.25) is 0 Å². The van der Waals surface area contributed by atoms with Crippen molar-refractivity contribution < 1.29 is 14.4 Å². The number of hydrogen-bond donors (Lipinski definition) is 1. The van der Waals surface area contributed by atoms with E-state index in [2.05, 4.69) is 5.32 Å². The third-order valence-corrected chi connectivity index (χ3v) is 4.84. The minimum atomic E-state index is -0.127. The van der Waals surface area contributed by atoms with Crippen molar-refractivity contribution in [2.24, 2.45) is 0 Å². The Hall–Kier alpha value is -2.61. The third-order valence-electron chi connectivity index (χ3n) is 4.84. The Morgan fingerprint density at radius 2 is 1.68 bits per heavy atom. The molecule has 0 atom stereocenters. The van der Waals surface area contributed by atoms with Crippen LogP contribution in [-0.4, -0.2) is 97.4 Å². The summed E-state index contributed by atoms with van der Waals surface area (Å²) in [6.45, 7) is 8.19. The van der Waals surface area contributed by atoms with Gasteiger partial charge in [0.25, 0.3) is 5.91 Å². The predicted molar refractivity (Wildman–Crippen MR) is 109 cm³/mol. The van der Waals surface area contributed by atoms with Gasteiger partial charge < -0.3 is 20.0 Å². The quantitative estimate of drug-likeness (QED) is 0.798. The van der Waals surface area contributed by atoms with E-state index in [-0.39, 0.29) is 24.4 Å². The molecule has 1 aliphatic rings. The lowest BCUT2D eigenvalue weighted by Crippen LogP contribution is -2.53. The molecule has 154 valence electrons. The van der Waals surface area contributed by atoms with Gasteiger partial charge in [-0.05, 0) is 32.0 Å². The van der Waals surface area contributed by atoms with Crippen LogP contribution in [0.15, 0.2) is 24.3 Å². The maximum absolute atomic E-state index is 12.4. The van der Waals surface area contributed by atoms with Crippen LogP contribution < -0.4 is 5.32 Å². The van der Waals surface area contributed by atoms with Crippen LogP contribution in [0.3, 0.4) is 0 Å². The molecule has 28 heavy (non-hydrogen) atoms. The second kappa shape index (κ2) is 10.1. The summed E-state index contributed by atoms with van der Waals surface area (Å²) < 4.78 is 0. The van der Waals surface area contributed by atoms with E-state index < -0.39 is 0 Å². The smallest absolute Gasteiger partial charge is 0.320 e. The van der Waals surface area contributed by atoms with Gasteiger partial charge in [-0.25, -0.2) is 4.79 Å². The highest BCUT2D eigenvalue weighted by molar-refractivity contribution is 5.97. The lowest BCUT2D eigenvalue weighted by molar-refractivity contribution is -0.117. The number of hydrogen-bond acceptors (Lipinski definition) is 4. The van der Waals surface area contributed by atoms with Crippen molar-refractivity contribution in [3.8, 4) is 0 Å². The maximum atomic E-state index is 12.4. The largest absolute Gasteiger partial charge is 0.345 e. The molecule has 0 unspecified atom stereocenters. The zero-order valence-electron chi connectivity index (χ0n) is 17.3. The van der Waals surface area contributed by atoms with Crippen molar-refractivity contribution in [3.05, 3.63) is 29.8 Å². The molecule has 0 bridgehead atoms. The van der Waals surface area contributed by atoms with Crippen LogP contribution in [0.1, 0.15) is 24.2 Å². The number of nitrogens with one attached hydrogen (secondary N) is 1. The molecule has 4 amide bonds. The van der Waals surface area contributed by atoms with E-state index in [4.69, 9.17) is 0 Å². The first-order chi connectivity index (χ1) is 13.3. The number of rotatable bonds is 6. The lowest BCUT2D eigenvalue weighted by atomic mass is 10.2. The topological polar surface area (TPSA) is 76.2 Å². The molecule has 1 aliphatic heterocycles. The molecule has 1 heterocycles. The Kier molecular flexibility index (Phi) is 7.80. The van der Waals surface area contributed by atoms with E-state index in [0.29, 0.717) is 50.5 Å². The summed E-state index contributed by atoms with van der Waals surface area (Å²) in [6, 6.07) is 7.00. The van der Waals surface area contributed by atoms with Crippen LogP contribution in [0.4, 0.5) is 10.5 Å². The van der Waals surface area contributed by atoms with Gasteiger partial charge >= 0.3 is 6.03 Å². The van der Waals surface area contributed by atoms with E-state index in [1.165, 1.54) is 4.90 Å². The molecule has 0 aromatic heterocycles. The first-order valence-corrected chi connectivity index (χ1v) is 9.73. The maximum Gasteiger partial charge on any atom is 0.320 e. The fourth-order valence-electron chi connectivity index (χ4n) is 3.18. The molecule has 1 aromatic carbocycles. The van der Waals surface area contributed by atoms with Crippen LogP contribution in [-0.2, 0) is 4.79 Å². The number of amides is 4. The highest BCUT2D eigenvalue weighted by Crippen LogP contribution is 2.12.